The fourth-order valence-electron chi connectivity index (χ4n) is 1.22. The fourth-order valence-corrected chi connectivity index (χ4v) is 3.33. The fraction of sp³-hybridized carbons (Fsp3) is 0.455. The van der Waals surface area contributed by atoms with Gasteiger partial charge < -0.3 is 0 Å². The number of halogens is 2. The van der Waals surface area contributed by atoms with E-state index < -0.39 is 0 Å². The predicted octanol–water partition coefficient (Wildman–Crippen LogP) is 4.11. The molecule has 2 heteroatoms. The van der Waals surface area contributed by atoms with Gasteiger partial charge in [0, 0.05) is 8.86 Å². The summed E-state index contributed by atoms with van der Waals surface area (Å²) in [5.74, 6) is 0. The third-order valence-electron chi connectivity index (χ3n) is 2.12. The third-order valence-corrected chi connectivity index (χ3v) is 5.80. The molecule has 0 unspecified atom stereocenters. The lowest BCUT2D eigenvalue weighted by Gasteiger charge is -2.24. The van der Waals surface area contributed by atoms with Crippen LogP contribution >= 0.6 is 45.2 Å². The van der Waals surface area contributed by atoms with E-state index in [0.29, 0.717) is 5.41 Å². The SMILES string of the molecule is CC(CI)(CI)Cc1ccccc1. The first kappa shape index (κ1) is 11.8. The monoisotopic (exact) mass is 400 g/mol. The van der Waals surface area contributed by atoms with Crippen molar-refractivity contribution < 1.29 is 0 Å². The van der Waals surface area contributed by atoms with Crippen LogP contribution in [0.4, 0.5) is 0 Å². The molecule has 0 aliphatic carbocycles. The van der Waals surface area contributed by atoms with E-state index in [-0.39, 0.29) is 0 Å². The molecule has 1 aromatic rings. The molecule has 0 aromatic heterocycles. The summed E-state index contributed by atoms with van der Waals surface area (Å²) in [7, 11) is 0. The van der Waals surface area contributed by atoms with Gasteiger partial charge in [0.15, 0.2) is 0 Å². The number of alkyl halides is 2. The smallest absolute Gasteiger partial charge is 0.00598 e. The van der Waals surface area contributed by atoms with E-state index in [4.69, 9.17) is 0 Å². The van der Waals surface area contributed by atoms with Crippen LogP contribution in [0.2, 0.25) is 0 Å². The van der Waals surface area contributed by atoms with Crippen molar-refractivity contribution in [1.29, 1.82) is 0 Å². The Morgan fingerprint density at radius 1 is 1.08 bits per heavy atom. The van der Waals surface area contributed by atoms with E-state index in [2.05, 4.69) is 82.4 Å². The molecular formula is C11H14I2. The zero-order chi connectivity index (χ0) is 9.73. The van der Waals surface area contributed by atoms with Crippen LogP contribution in [0.3, 0.4) is 0 Å². The van der Waals surface area contributed by atoms with Crippen LogP contribution < -0.4 is 0 Å². The van der Waals surface area contributed by atoms with Crippen molar-refractivity contribution in [3.8, 4) is 0 Å². The third kappa shape index (κ3) is 3.73. The zero-order valence-electron chi connectivity index (χ0n) is 7.76. The molecule has 0 fully saturated rings. The van der Waals surface area contributed by atoms with Gasteiger partial charge in [-0.25, -0.2) is 0 Å². The minimum atomic E-state index is 0.461. The van der Waals surface area contributed by atoms with Gasteiger partial charge in [0.05, 0.1) is 0 Å². The summed E-state index contributed by atoms with van der Waals surface area (Å²) >= 11 is 4.98. The van der Waals surface area contributed by atoms with Gasteiger partial charge in [-0.3, -0.25) is 0 Å². The molecule has 0 heterocycles. The summed E-state index contributed by atoms with van der Waals surface area (Å²) in [6.07, 6.45) is 1.19. The Morgan fingerprint density at radius 2 is 1.62 bits per heavy atom. The summed E-state index contributed by atoms with van der Waals surface area (Å²) in [5, 5.41) is 0. The Morgan fingerprint density at radius 3 is 2.08 bits per heavy atom. The van der Waals surface area contributed by atoms with Crippen LogP contribution in [0.15, 0.2) is 30.3 Å². The Balaban J connectivity index is 2.68. The van der Waals surface area contributed by atoms with E-state index in [9.17, 15) is 0 Å². The second-order valence-electron chi connectivity index (χ2n) is 3.74. The summed E-state index contributed by atoms with van der Waals surface area (Å²) < 4.78 is 2.45. The predicted molar refractivity (Wildman–Crippen MR) is 76.0 cm³/mol. The minimum absolute atomic E-state index is 0.461. The van der Waals surface area contributed by atoms with Gasteiger partial charge >= 0.3 is 0 Å². The first-order valence-corrected chi connectivity index (χ1v) is 7.41. The van der Waals surface area contributed by atoms with Gasteiger partial charge in [-0.2, -0.15) is 0 Å². The molecule has 1 aromatic carbocycles. The van der Waals surface area contributed by atoms with E-state index >= 15 is 0 Å². The van der Waals surface area contributed by atoms with Gasteiger partial charge in [0.2, 0.25) is 0 Å². The van der Waals surface area contributed by atoms with Crippen molar-refractivity contribution in [2.45, 2.75) is 13.3 Å². The largest absolute Gasteiger partial charge is 0.0857 e. The molecule has 0 aliphatic rings. The molecule has 1 rings (SSSR count). The van der Waals surface area contributed by atoms with Crippen molar-refractivity contribution in [1.82, 2.24) is 0 Å². The van der Waals surface area contributed by atoms with Crippen LogP contribution in [0.1, 0.15) is 12.5 Å². The Labute approximate surface area is 108 Å². The molecule has 0 nitrogen and oxygen atoms in total. The number of rotatable bonds is 4. The van der Waals surface area contributed by atoms with Gasteiger partial charge in [-0.05, 0) is 17.4 Å². The lowest BCUT2D eigenvalue weighted by Crippen LogP contribution is -2.23. The zero-order valence-corrected chi connectivity index (χ0v) is 12.1. The summed E-state index contributed by atoms with van der Waals surface area (Å²) in [5.41, 5.74) is 1.92. The Kier molecular flexibility index (Phi) is 5.00. The average molecular weight is 400 g/mol. The molecule has 72 valence electrons. The molecule has 0 aliphatic heterocycles. The lowest BCUT2D eigenvalue weighted by atomic mass is 9.88. The summed E-state index contributed by atoms with van der Waals surface area (Å²) in [6, 6.07) is 10.8. The molecule has 0 N–H and O–H groups in total. The molecular weight excluding hydrogens is 386 g/mol. The molecule has 0 saturated carbocycles. The number of hydrogen-bond acceptors (Lipinski definition) is 0. The molecule has 0 spiro atoms. The second-order valence-corrected chi connectivity index (χ2v) is 5.27. The van der Waals surface area contributed by atoms with E-state index in [0.717, 1.165) is 0 Å². The van der Waals surface area contributed by atoms with E-state index in [1.54, 1.807) is 0 Å². The highest BCUT2D eigenvalue weighted by Crippen LogP contribution is 2.27. The van der Waals surface area contributed by atoms with Crippen LogP contribution in [-0.2, 0) is 6.42 Å². The van der Waals surface area contributed by atoms with Crippen molar-refractivity contribution >= 4 is 45.2 Å². The number of benzene rings is 1. The molecule has 0 amide bonds. The Hall–Kier alpha value is 0.680. The van der Waals surface area contributed by atoms with Gasteiger partial charge in [-0.1, -0.05) is 82.4 Å². The molecule has 0 saturated heterocycles. The van der Waals surface area contributed by atoms with Crippen LogP contribution in [0, 0.1) is 5.41 Å². The van der Waals surface area contributed by atoms with Gasteiger partial charge in [-0.15, -0.1) is 0 Å². The van der Waals surface area contributed by atoms with Crippen LogP contribution in [0.5, 0.6) is 0 Å². The van der Waals surface area contributed by atoms with Crippen molar-refractivity contribution in [2.24, 2.45) is 5.41 Å². The highest BCUT2D eigenvalue weighted by atomic mass is 127. The maximum Gasteiger partial charge on any atom is 0.00598 e. The van der Waals surface area contributed by atoms with Crippen LogP contribution in [-0.4, -0.2) is 8.86 Å². The first-order valence-electron chi connectivity index (χ1n) is 4.36. The standard InChI is InChI=1S/C11H14I2/c1-11(8-12,9-13)7-10-5-3-2-4-6-10/h2-6H,7-9H2,1H3. The maximum atomic E-state index is 2.49. The van der Waals surface area contributed by atoms with Gasteiger partial charge in [0.25, 0.3) is 0 Å². The minimum Gasteiger partial charge on any atom is -0.0857 e. The van der Waals surface area contributed by atoms with Crippen molar-refractivity contribution in [3.63, 3.8) is 0 Å². The molecule has 0 radical (unpaired) electrons. The van der Waals surface area contributed by atoms with E-state index in [1.165, 1.54) is 20.8 Å². The topological polar surface area (TPSA) is 0 Å². The van der Waals surface area contributed by atoms with Crippen LogP contribution in [0.25, 0.3) is 0 Å². The summed E-state index contributed by atoms with van der Waals surface area (Å²) in [4.78, 5) is 0. The molecule has 0 atom stereocenters. The average Bonchev–Trinajstić information content (AvgIpc) is 2.19. The normalized spacial score (nSPS) is 11.6. The highest BCUT2D eigenvalue weighted by Gasteiger charge is 2.21. The van der Waals surface area contributed by atoms with Crippen molar-refractivity contribution in [3.05, 3.63) is 35.9 Å². The maximum absolute atomic E-state index is 2.49. The number of hydrogen-bond donors (Lipinski definition) is 0. The highest BCUT2D eigenvalue weighted by molar-refractivity contribution is 14.1. The quantitative estimate of drug-likeness (QED) is 0.528. The van der Waals surface area contributed by atoms with E-state index in [1.807, 2.05) is 0 Å². The lowest BCUT2D eigenvalue weighted by molar-refractivity contribution is 0.447. The first-order chi connectivity index (χ1) is 6.20. The second kappa shape index (κ2) is 5.53. The molecule has 13 heavy (non-hydrogen) atoms. The molecule has 0 bridgehead atoms. The summed E-state index contributed by atoms with van der Waals surface area (Å²) in [6.45, 7) is 2.36. The van der Waals surface area contributed by atoms with Crippen molar-refractivity contribution in [2.75, 3.05) is 8.86 Å². The Bertz CT molecular complexity index is 240. The van der Waals surface area contributed by atoms with Gasteiger partial charge in [0.1, 0.15) is 0 Å².